The Hall–Kier alpha value is -1.31. The van der Waals surface area contributed by atoms with Crippen molar-refractivity contribution in [2.75, 3.05) is 6.61 Å². The van der Waals surface area contributed by atoms with Crippen molar-refractivity contribution in [3.63, 3.8) is 0 Å². The molecule has 1 aliphatic carbocycles. The van der Waals surface area contributed by atoms with Crippen LogP contribution in [0, 0.1) is 17.3 Å². The van der Waals surface area contributed by atoms with Crippen LogP contribution in [0.25, 0.3) is 0 Å². The van der Waals surface area contributed by atoms with E-state index in [9.17, 15) is 4.79 Å². The van der Waals surface area contributed by atoms with Gasteiger partial charge in [0.1, 0.15) is 11.5 Å². The first-order valence-electron chi connectivity index (χ1n) is 8.17. The topological polar surface area (TPSA) is 26.3 Å². The second-order valence-electron chi connectivity index (χ2n) is 7.30. The Bertz CT molecular complexity index is 444. The lowest BCUT2D eigenvalue weighted by atomic mass is 9.68. The van der Waals surface area contributed by atoms with Crippen LogP contribution in [0.3, 0.4) is 0 Å². The zero-order valence-corrected chi connectivity index (χ0v) is 13.6. The van der Waals surface area contributed by atoms with Crippen molar-refractivity contribution in [3.05, 3.63) is 30.3 Å². The second-order valence-corrected chi connectivity index (χ2v) is 7.30. The Morgan fingerprint density at radius 1 is 1.19 bits per heavy atom. The van der Waals surface area contributed by atoms with Gasteiger partial charge >= 0.3 is 0 Å². The van der Waals surface area contributed by atoms with Crippen molar-refractivity contribution in [3.8, 4) is 5.75 Å². The lowest BCUT2D eigenvalue weighted by Gasteiger charge is -2.37. The highest BCUT2D eigenvalue weighted by Gasteiger charge is 2.34. The third-order valence-electron chi connectivity index (χ3n) is 4.70. The van der Waals surface area contributed by atoms with Gasteiger partial charge in [-0.3, -0.25) is 4.79 Å². The fourth-order valence-corrected chi connectivity index (χ4v) is 3.22. The molecule has 0 radical (unpaired) electrons. The molecule has 0 amide bonds. The molecule has 1 fully saturated rings. The number of para-hydroxylation sites is 1. The molecule has 0 saturated heterocycles. The maximum absolute atomic E-state index is 12.1. The van der Waals surface area contributed by atoms with Crippen LogP contribution in [0.15, 0.2) is 30.3 Å². The van der Waals surface area contributed by atoms with Gasteiger partial charge in [0, 0.05) is 12.3 Å². The molecular formula is C19H28O2. The number of carbonyl (C=O) groups excluding carboxylic acids is 1. The molecule has 0 bridgehead atoms. The van der Waals surface area contributed by atoms with Crippen LogP contribution in [-0.4, -0.2) is 12.4 Å². The number of carbonyl (C=O) groups is 1. The fourth-order valence-electron chi connectivity index (χ4n) is 3.22. The van der Waals surface area contributed by atoms with Gasteiger partial charge < -0.3 is 4.74 Å². The summed E-state index contributed by atoms with van der Waals surface area (Å²) in [5.41, 5.74) is 0.319. The van der Waals surface area contributed by atoms with Gasteiger partial charge in [-0.1, -0.05) is 39.0 Å². The summed E-state index contributed by atoms with van der Waals surface area (Å²) >= 11 is 0. The van der Waals surface area contributed by atoms with Gasteiger partial charge in [-0.15, -0.1) is 0 Å². The SMILES string of the molecule is CC(C)(C)C1CCC(=O)C(CCCOc2ccccc2)C1. The fraction of sp³-hybridized carbons (Fsp3) is 0.632. The van der Waals surface area contributed by atoms with Gasteiger partial charge in [-0.05, 0) is 49.1 Å². The Labute approximate surface area is 128 Å². The van der Waals surface area contributed by atoms with E-state index in [1.165, 1.54) is 0 Å². The van der Waals surface area contributed by atoms with E-state index in [2.05, 4.69) is 20.8 Å². The summed E-state index contributed by atoms with van der Waals surface area (Å²) in [4.78, 5) is 12.1. The number of Topliss-reactive ketones (excluding diaryl/α,β-unsaturated/α-hetero) is 1. The molecule has 1 aromatic carbocycles. The molecule has 2 atom stereocenters. The summed E-state index contributed by atoms with van der Waals surface area (Å²) in [6.45, 7) is 7.59. The molecule has 21 heavy (non-hydrogen) atoms. The summed E-state index contributed by atoms with van der Waals surface area (Å²) in [7, 11) is 0. The number of rotatable bonds is 5. The third-order valence-corrected chi connectivity index (χ3v) is 4.70. The van der Waals surface area contributed by atoms with Crippen LogP contribution in [0.1, 0.15) is 52.9 Å². The van der Waals surface area contributed by atoms with Gasteiger partial charge in [0.15, 0.2) is 0 Å². The first kappa shape index (κ1) is 16.1. The largest absolute Gasteiger partial charge is 0.494 e. The van der Waals surface area contributed by atoms with Crippen LogP contribution in [0.5, 0.6) is 5.75 Å². The lowest BCUT2D eigenvalue weighted by Crippen LogP contribution is -2.32. The van der Waals surface area contributed by atoms with Crippen molar-refractivity contribution in [2.45, 2.75) is 52.9 Å². The molecule has 1 aromatic rings. The van der Waals surface area contributed by atoms with E-state index >= 15 is 0 Å². The van der Waals surface area contributed by atoms with Gasteiger partial charge in [0.25, 0.3) is 0 Å². The van der Waals surface area contributed by atoms with Crippen molar-refractivity contribution in [1.82, 2.24) is 0 Å². The van der Waals surface area contributed by atoms with E-state index < -0.39 is 0 Å². The summed E-state index contributed by atoms with van der Waals surface area (Å²) in [6.07, 6.45) is 4.83. The van der Waals surface area contributed by atoms with Crippen LogP contribution in [0.2, 0.25) is 0 Å². The number of hydrogen-bond acceptors (Lipinski definition) is 2. The highest BCUT2D eigenvalue weighted by molar-refractivity contribution is 5.81. The molecule has 0 spiro atoms. The normalized spacial score (nSPS) is 23.1. The van der Waals surface area contributed by atoms with E-state index in [0.29, 0.717) is 23.7 Å². The number of hydrogen-bond donors (Lipinski definition) is 0. The minimum atomic E-state index is 0.252. The molecule has 1 aliphatic rings. The molecule has 2 unspecified atom stereocenters. The average molecular weight is 288 g/mol. The average Bonchev–Trinajstić information content (AvgIpc) is 2.45. The number of benzene rings is 1. The maximum Gasteiger partial charge on any atom is 0.135 e. The summed E-state index contributed by atoms with van der Waals surface area (Å²) in [5, 5.41) is 0. The van der Waals surface area contributed by atoms with Gasteiger partial charge in [-0.2, -0.15) is 0 Å². The van der Waals surface area contributed by atoms with Crippen molar-refractivity contribution in [1.29, 1.82) is 0 Å². The lowest BCUT2D eigenvalue weighted by molar-refractivity contribution is -0.126. The molecule has 0 aromatic heterocycles. The highest BCUT2D eigenvalue weighted by Crippen LogP contribution is 2.40. The smallest absolute Gasteiger partial charge is 0.135 e. The highest BCUT2D eigenvalue weighted by atomic mass is 16.5. The Morgan fingerprint density at radius 3 is 2.57 bits per heavy atom. The van der Waals surface area contributed by atoms with Crippen molar-refractivity contribution in [2.24, 2.45) is 17.3 Å². The molecule has 2 rings (SSSR count). The maximum atomic E-state index is 12.1. The zero-order chi connectivity index (χ0) is 15.3. The number of ketones is 1. The quantitative estimate of drug-likeness (QED) is 0.722. The van der Waals surface area contributed by atoms with Crippen LogP contribution in [-0.2, 0) is 4.79 Å². The molecule has 2 heteroatoms. The zero-order valence-electron chi connectivity index (χ0n) is 13.6. The number of ether oxygens (including phenoxy) is 1. The minimum Gasteiger partial charge on any atom is -0.494 e. The van der Waals surface area contributed by atoms with E-state index in [-0.39, 0.29) is 5.92 Å². The molecule has 0 heterocycles. The monoisotopic (exact) mass is 288 g/mol. The molecule has 1 saturated carbocycles. The Morgan fingerprint density at radius 2 is 1.90 bits per heavy atom. The van der Waals surface area contributed by atoms with Gasteiger partial charge in [0.2, 0.25) is 0 Å². The Kier molecular flexibility index (Phi) is 5.44. The minimum absolute atomic E-state index is 0.252. The summed E-state index contributed by atoms with van der Waals surface area (Å²) in [5.74, 6) is 2.31. The molecule has 2 nitrogen and oxygen atoms in total. The molecule has 116 valence electrons. The van der Waals surface area contributed by atoms with Crippen molar-refractivity contribution < 1.29 is 9.53 Å². The predicted molar refractivity (Wildman–Crippen MR) is 86.5 cm³/mol. The molecule has 0 N–H and O–H groups in total. The summed E-state index contributed by atoms with van der Waals surface area (Å²) < 4.78 is 5.72. The first-order valence-corrected chi connectivity index (χ1v) is 8.17. The van der Waals surface area contributed by atoms with Gasteiger partial charge in [0.05, 0.1) is 6.61 Å². The molecule has 0 aliphatic heterocycles. The van der Waals surface area contributed by atoms with E-state index in [4.69, 9.17) is 4.74 Å². The second kappa shape index (κ2) is 7.11. The van der Waals surface area contributed by atoms with E-state index in [1.807, 2.05) is 30.3 Å². The van der Waals surface area contributed by atoms with Crippen LogP contribution in [0.4, 0.5) is 0 Å². The standard InChI is InChI=1S/C19H28O2/c1-19(2,3)16-11-12-18(20)15(14-16)8-7-13-21-17-9-5-4-6-10-17/h4-6,9-10,15-16H,7-8,11-14H2,1-3H3. The van der Waals surface area contributed by atoms with E-state index in [1.54, 1.807) is 0 Å². The third kappa shape index (κ3) is 4.87. The van der Waals surface area contributed by atoms with Crippen LogP contribution < -0.4 is 4.74 Å². The van der Waals surface area contributed by atoms with Crippen molar-refractivity contribution >= 4 is 5.78 Å². The van der Waals surface area contributed by atoms with Gasteiger partial charge in [-0.25, -0.2) is 0 Å². The predicted octanol–water partition coefficient (Wildman–Crippen LogP) is 4.88. The summed E-state index contributed by atoms with van der Waals surface area (Å²) in [6, 6.07) is 9.89. The Balaban J connectivity index is 1.75. The molecular weight excluding hydrogens is 260 g/mol. The van der Waals surface area contributed by atoms with Crippen LogP contribution >= 0.6 is 0 Å². The van der Waals surface area contributed by atoms with E-state index in [0.717, 1.165) is 37.9 Å². The first-order chi connectivity index (χ1) is 9.97.